The molecule has 1 atom stereocenters. The molecule has 2 aromatic rings. The van der Waals surface area contributed by atoms with E-state index in [9.17, 15) is 8.42 Å². The molecule has 0 spiro atoms. The van der Waals surface area contributed by atoms with Crippen molar-refractivity contribution in [3.8, 4) is 11.5 Å². The molecule has 0 aromatic heterocycles. The van der Waals surface area contributed by atoms with E-state index in [2.05, 4.69) is 6.92 Å². The fraction of sp³-hybridized carbons (Fsp3) is 0.455. The van der Waals surface area contributed by atoms with Crippen molar-refractivity contribution in [3.63, 3.8) is 0 Å². The van der Waals surface area contributed by atoms with Gasteiger partial charge in [0.2, 0.25) is 0 Å². The lowest BCUT2D eigenvalue weighted by molar-refractivity contribution is 0.0190. The van der Waals surface area contributed by atoms with Gasteiger partial charge in [0.25, 0.3) is 10.1 Å². The van der Waals surface area contributed by atoms with E-state index < -0.39 is 15.7 Å². The lowest BCUT2D eigenvalue weighted by Crippen LogP contribution is -2.42. The summed E-state index contributed by atoms with van der Waals surface area (Å²) < 4.78 is 40.2. The molecule has 0 fully saturated rings. The van der Waals surface area contributed by atoms with Crippen molar-refractivity contribution < 1.29 is 22.1 Å². The molecule has 0 saturated heterocycles. The van der Waals surface area contributed by atoms with Gasteiger partial charge in [0, 0.05) is 5.56 Å². The molecule has 0 bridgehead atoms. The molecule has 1 heterocycles. The summed E-state index contributed by atoms with van der Waals surface area (Å²) in [5, 5.41) is 0. The average molecular weight is 405 g/mol. The lowest BCUT2D eigenvalue weighted by Gasteiger charge is -2.37. The first-order valence-corrected chi connectivity index (χ1v) is 11.2. The summed E-state index contributed by atoms with van der Waals surface area (Å²) >= 11 is 0. The zero-order chi connectivity index (χ0) is 20.5. The van der Waals surface area contributed by atoms with Crippen molar-refractivity contribution in [2.45, 2.75) is 52.7 Å². The van der Waals surface area contributed by atoms with Gasteiger partial charge in [-0.25, -0.2) is 0 Å². The van der Waals surface area contributed by atoms with Crippen LogP contribution in [0, 0.1) is 20.8 Å². The minimum atomic E-state index is -3.51. The molecule has 3 rings (SSSR count). The van der Waals surface area contributed by atoms with Crippen LogP contribution in [-0.4, -0.2) is 26.9 Å². The van der Waals surface area contributed by atoms with E-state index >= 15 is 0 Å². The highest BCUT2D eigenvalue weighted by molar-refractivity contribution is 7.85. The van der Waals surface area contributed by atoms with Crippen LogP contribution in [0.1, 0.15) is 41.2 Å². The normalized spacial score (nSPS) is 19.0. The zero-order valence-electron chi connectivity index (χ0n) is 17.2. The highest BCUT2D eigenvalue weighted by atomic mass is 32.2. The first-order chi connectivity index (χ1) is 13.1. The topological polar surface area (TPSA) is 61.8 Å². The van der Waals surface area contributed by atoms with Gasteiger partial charge >= 0.3 is 0 Å². The van der Waals surface area contributed by atoms with Crippen molar-refractivity contribution in [2.75, 3.05) is 12.9 Å². The molecule has 0 amide bonds. The second kappa shape index (κ2) is 7.76. The third-order valence-electron chi connectivity index (χ3n) is 5.37. The maximum absolute atomic E-state index is 11.4. The first kappa shape index (κ1) is 20.7. The van der Waals surface area contributed by atoms with Gasteiger partial charge in [-0.05, 0) is 62.8 Å². The molecule has 2 aromatic carbocycles. The largest absolute Gasteiger partial charge is 0.488 e. The predicted molar refractivity (Wildman–Crippen MR) is 110 cm³/mol. The van der Waals surface area contributed by atoms with Crippen molar-refractivity contribution in [3.05, 3.63) is 58.1 Å². The summed E-state index contributed by atoms with van der Waals surface area (Å²) in [6.07, 6.45) is 2.52. The summed E-state index contributed by atoms with van der Waals surface area (Å²) in [6.45, 7) is 8.53. The molecular formula is C22H28O5S. The molecule has 152 valence electrons. The number of rotatable bonds is 6. The zero-order valence-corrected chi connectivity index (χ0v) is 18.0. The van der Waals surface area contributed by atoms with E-state index in [1.165, 1.54) is 0 Å². The van der Waals surface area contributed by atoms with Gasteiger partial charge in [0.05, 0.1) is 6.26 Å². The Kier molecular flexibility index (Phi) is 5.73. The molecule has 6 heteroatoms. The van der Waals surface area contributed by atoms with Gasteiger partial charge in [-0.2, -0.15) is 8.42 Å². The van der Waals surface area contributed by atoms with E-state index in [-0.39, 0.29) is 6.61 Å². The van der Waals surface area contributed by atoms with Crippen molar-refractivity contribution in [1.29, 1.82) is 0 Å². The maximum Gasteiger partial charge on any atom is 0.264 e. The standard InChI is InChI=1S/C22H28O5S/c1-15-16(2)21-19(11-12-22(4,27-21)14-26-28(5,23)24)17(3)20(15)25-13-18-9-7-6-8-10-18/h6-10H,11-14H2,1-5H3. The lowest BCUT2D eigenvalue weighted by atomic mass is 9.87. The van der Waals surface area contributed by atoms with E-state index in [0.717, 1.165) is 52.0 Å². The van der Waals surface area contributed by atoms with Gasteiger partial charge in [-0.1, -0.05) is 30.3 Å². The second-order valence-electron chi connectivity index (χ2n) is 7.80. The van der Waals surface area contributed by atoms with Crippen molar-refractivity contribution in [2.24, 2.45) is 0 Å². The Hall–Kier alpha value is -2.05. The molecular weight excluding hydrogens is 376 g/mol. The molecule has 0 saturated carbocycles. The van der Waals surface area contributed by atoms with E-state index in [0.29, 0.717) is 13.0 Å². The fourth-order valence-electron chi connectivity index (χ4n) is 3.56. The van der Waals surface area contributed by atoms with Crippen molar-refractivity contribution in [1.82, 2.24) is 0 Å². The minimum absolute atomic E-state index is 0.00900. The van der Waals surface area contributed by atoms with Crippen LogP contribution in [0.5, 0.6) is 11.5 Å². The Morgan fingerprint density at radius 2 is 1.75 bits per heavy atom. The smallest absolute Gasteiger partial charge is 0.264 e. The second-order valence-corrected chi connectivity index (χ2v) is 9.45. The summed E-state index contributed by atoms with van der Waals surface area (Å²) in [5.74, 6) is 1.73. The van der Waals surface area contributed by atoms with Gasteiger partial charge in [-0.3, -0.25) is 4.18 Å². The van der Waals surface area contributed by atoms with E-state index in [1.54, 1.807) is 0 Å². The van der Waals surface area contributed by atoms with Crippen LogP contribution < -0.4 is 9.47 Å². The maximum atomic E-state index is 11.4. The monoisotopic (exact) mass is 404 g/mol. The molecule has 1 aliphatic rings. The van der Waals surface area contributed by atoms with Crippen LogP contribution in [0.15, 0.2) is 30.3 Å². The number of ether oxygens (including phenoxy) is 2. The summed E-state index contributed by atoms with van der Waals surface area (Å²) in [6, 6.07) is 10.1. The quantitative estimate of drug-likeness (QED) is 0.674. The SMILES string of the molecule is Cc1c(C)c2c(c(C)c1OCc1ccccc1)CCC(C)(COS(C)(=O)=O)O2. The molecule has 0 N–H and O–H groups in total. The van der Waals surface area contributed by atoms with Gasteiger partial charge in [0.15, 0.2) is 0 Å². The number of fused-ring (bicyclic) bond motifs is 1. The average Bonchev–Trinajstić information content (AvgIpc) is 2.65. The van der Waals surface area contributed by atoms with Crippen LogP contribution in [0.3, 0.4) is 0 Å². The molecule has 5 nitrogen and oxygen atoms in total. The highest BCUT2D eigenvalue weighted by Crippen LogP contribution is 2.44. The van der Waals surface area contributed by atoms with Gasteiger partial charge in [0.1, 0.15) is 30.3 Å². The Balaban J connectivity index is 1.86. The van der Waals surface area contributed by atoms with E-state index in [1.807, 2.05) is 51.1 Å². The number of hydrogen-bond donors (Lipinski definition) is 0. The number of benzene rings is 2. The van der Waals surface area contributed by atoms with Crippen LogP contribution >= 0.6 is 0 Å². The number of hydrogen-bond acceptors (Lipinski definition) is 5. The fourth-order valence-corrected chi connectivity index (χ4v) is 4.02. The Bertz CT molecular complexity index is 966. The molecule has 0 aliphatic carbocycles. The van der Waals surface area contributed by atoms with Crippen LogP contribution in [-0.2, 0) is 27.3 Å². The van der Waals surface area contributed by atoms with Crippen LogP contribution in [0.2, 0.25) is 0 Å². The minimum Gasteiger partial charge on any atom is -0.488 e. The van der Waals surface area contributed by atoms with Gasteiger partial charge in [-0.15, -0.1) is 0 Å². The molecule has 0 radical (unpaired) electrons. The third-order valence-corrected chi connectivity index (χ3v) is 5.91. The van der Waals surface area contributed by atoms with Crippen LogP contribution in [0.4, 0.5) is 0 Å². The Labute approximate surface area is 167 Å². The van der Waals surface area contributed by atoms with Crippen LogP contribution in [0.25, 0.3) is 0 Å². The summed E-state index contributed by atoms with van der Waals surface area (Å²) in [7, 11) is -3.51. The molecule has 1 unspecified atom stereocenters. The Morgan fingerprint density at radius 3 is 2.39 bits per heavy atom. The predicted octanol–water partition coefficient (Wildman–Crippen LogP) is 4.25. The molecule has 28 heavy (non-hydrogen) atoms. The Morgan fingerprint density at radius 1 is 1.07 bits per heavy atom. The third kappa shape index (κ3) is 4.50. The van der Waals surface area contributed by atoms with E-state index in [4.69, 9.17) is 13.7 Å². The highest BCUT2D eigenvalue weighted by Gasteiger charge is 2.36. The summed E-state index contributed by atoms with van der Waals surface area (Å²) in [4.78, 5) is 0. The van der Waals surface area contributed by atoms with Gasteiger partial charge < -0.3 is 9.47 Å². The van der Waals surface area contributed by atoms with Crippen molar-refractivity contribution >= 4 is 10.1 Å². The summed E-state index contributed by atoms with van der Waals surface area (Å²) in [5.41, 5.74) is 4.72. The first-order valence-electron chi connectivity index (χ1n) is 9.42. The molecule has 1 aliphatic heterocycles.